The van der Waals surface area contributed by atoms with E-state index in [0.717, 1.165) is 25.1 Å². The molecule has 21 heavy (non-hydrogen) atoms. The second-order valence-corrected chi connectivity index (χ2v) is 5.24. The lowest BCUT2D eigenvalue weighted by molar-refractivity contribution is -0.674. The summed E-state index contributed by atoms with van der Waals surface area (Å²) in [7, 11) is 0. The van der Waals surface area contributed by atoms with Gasteiger partial charge in [0.05, 0.1) is 25.3 Å². The zero-order valence-electron chi connectivity index (χ0n) is 12.7. The Balaban J connectivity index is 2.06. The Morgan fingerprint density at radius 3 is 2.52 bits per heavy atom. The smallest absolute Gasteiger partial charge is 0.292 e. The van der Waals surface area contributed by atoms with Gasteiger partial charge in [-0.15, -0.1) is 0 Å². The fourth-order valence-corrected chi connectivity index (χ4v) is 2.39. The van der Waals surface area contributed by atoms with E-state index in [0.29, 0.717) is 12.3 Å². The number of amides is 2. The maximum Gasteiger partial charge on any atom is 0.292 e. The molecule has 1 atom stereocenters. The number of hydrogen-bond donors (Lipinski definition) is 1. The third-order valence-electron chi connectivity index (χ3n) is 3.49. The van der Waals surface area contributed by atoms with Crippen LogP contribution in [0.5, 0.6) is 5.75 Å². The van der Waals surface area contributed by atoms with Crippen molar-refractivity contribution in [2.75, 3.05) is 18.1 Å². The second-order valence-electron chi connectivity index (χ2n) is 5.24. The number of carbonyl (C=O) groups excluding carboxylic acids is 2. The lowest BCUT2D eigenvalue weighted by atomic mass is 10.2. The minimum absolute atomic E-state index is 0.115. The van der Waals surface area contributed by atoms with Crippen molar-refractivity contribution in [2.24, 2.45) is 0 Å². The van der Waals surface area contributed by atoms with E-state index in [9.17, 15) is 9.59 Å². The van der Waals surface area contributed by atoms with E-state index in [1.165, 1.54) is 4.90 Å². The van der Waals surface area contributed by atoms with E-state index < -0.39 is 0 Å². The Kier molecular flexibility index (Phi) is 5.33. The molecule has 0 bridgehead atoms. The van der Waals surface area contributed by atoms with Crippen molar-refractivity contribution in [3.05, 3.63) is 24.3 Å². The molecule has 0 spiro atoms. The maximum absolute atomic E-state index is 12.3. The topological polar surface area (TPSA) is 63.2 Å². The van der Waals surface area contributed by atoms with Crippen LogP contribution in [0.15, 0.2) is 24.3 Å². The lowest BCUT2D eigenvalue weighted by Crippen LogP contribution is -2.91. The van der Waals surface area contributed by atoms with Gasteiger partial charge in [-0.05, 0) is 37.1 Å². The number of quaternary nitrogens is 1. The van der Waals surface area contributed by atoms with Crippen molar-refractivity contribution in [3.63, 3.8) is 0 Å². The molecular formula is C16H23N2O3+. The highest BCUT2D eigenvalue weighted by molar-refractivity contribution is 6.21. The van der Waals surface area contributed by atoms with Crippen molar-refractivity contribution < 1.29 is 19.6 Å². The van der Waals surface area contributed by atoms with Crippen molar-refractivity contribution in [1.82, 2.24) is 0 Å². The third kappa shape index (κ3) is 3.61. The average molecular weight is 291 g/mol. The van der Waals surface area contributed by atoms with Crippen LogP contribution in [-0.2, 0) is 9.59 Å². The number of nitrogens with zero attached hydrogens (tertiary/aromatic N) is 1. The summed E-state index contributed by atoms with van der Waals surface area (Å²) in [5, 5.41) is 1.96. The van der Waals surface area contributed by atoms with Gasteiger partial charge in [0, 0.05) is 0 Å². The first-order valence-corrected chi connectivity index (χ1v) is 7.60. The number of hydrogen-bond acceptors (Lipinski definition) is 3. The van der Waals surface area contributed by atoms with E-state index >= 15 is 0 Å². The van der Waals surface area contributed by atoms with Crippen LogP contribution in [0.25, 0.3) is 0 Å². The fraction of sp³-hybridized carbons (Fsp3) is 0.500. The molecule has 2 rings (SSSR count). The van der Waals surface area contributed by atoms with Crippen molar-refractivity contribution in [1.29, 1.82) is 0 Å². The standard InChI is InChI=1S/C16H22N2O3/c1-3-9-17-14-11-15(19)18(16(14)20)12-5-7-13(8-6-12)21-10-4-2/h5-8,14,17H,3-4,9-11H2,1-2H3/p+1/t14-/m1/s1. The summed E-state index contributed by atoms with van der Waals surface area (Å²) < 4.78 is 5.51. The van der Waals surface area contributed by atoms with Gasteiger partial charge < -0.3 is 10.1 Å². The highest BCUT2D eigenvalue weighted by Gasteiger charge is 2.41. The minimum atomic E-state index is -0.270. The number of benzene rings is 1. The Labute approximate surface area is 125 Å². The quantitative estimate of drug-likeness (QED) is 0.765. The molecule has 1 aromatic rings. The average Bonchev–Trinajstić information content (AvgIpc) is 2.78. The van der Waals surface area contributed by atoms with Crippen LogP contribution >= 0.6 is 0 Å². The Hall–Kier alpha value is -1.88. The number of nitrogens with two attached hydrogens (primary N) is 1. The van der Waals surface area contributed by atoms with Crippen LogP contribution in [0, 0.1) is 0 Å². The minimum Gasteiger partial charge on any atom is -0.494 e. The summed E-state index contributed by atoms with van der Waals surface area (Å²) in [5.74, 6) is 0.518. The normalized spacial score (nSPS) is 18.4. The van der Waals surface area contributed by atoms with E-state index in [-0.39, 0.29) is 24.3 Å². The zero-order valence-corrected chi connectivity index (χ0v) is 12.7. The first kappa shape index (κ1) is 15.5. The van der Waals surface area contributed by atoms with Gasteiger partial charge in [0.2, 0.25) is 5.91 Å². The number of anilines is 1. The van der Waals surface area contributed by atoms with Gasteiger partial charge in [-0.1, -0.05) is 13.8 Å². The predicted octanol–water partition coefficient (Wildman–Crippen LogP) is 1.08. The van der Waals surface area contributed by atoms with Crippen molar-refractivity contribution >= 4 is 17.5 Å². The second kappa shape index (κ2) is 7.22. The maximum atomic E-state index is 12.3. The molecule has 2 amide bonds. The molecule has 1 aliphatic heterocycles. The number of ether oxygens (including phenoxy) is 1. The molecule has 0 aliphatic carbocycles. The molecule has 5 heteroatoms. The summed E-state index contributed by atoms with van der Waals surface area (Å²) in [4.78, 5) is 25.7. The molecule has 0 saturated carbocycles. The summed E-state index contributed by atoms with van der Waals surface area (Å²) in [5.41, 5.74) is 0.626. The molecule has 1 aliphatic rings. The van der Waals surface area contributed by atoms with Gasteiger partial charge in [-0.3, -0.25) is 9.59 Å². The number of carbonyl (C=O) groups is 2. The SMILES string of the molecule is CCC[NH2+][C@@H]1CC(=O)N(c2ccc(OCCC)cc2)C1=O. The summed E-state index contributed by atoms with van der Waals surface area (Å²) >= 11 is 0. The highest BCUT2D eigenvalue weighted by Crippen LogP contribution is 2.24. The molecule has 0 aromatic heterocycles. The monoisotopic (exact) mass is 291 g/mol. The first-order valence-electron chi connectivity index (χ1n) is 7.60. The molecule has 114 valence electrons. The molecule has 1 aromatic carbocycles. The zero-order chi connectivity index (χ0) is 15.2. The molecule has 0 radical (unpaired) electrons. The van der Waals surface area contributed by atoms with Gasteiger partial charge in [0.1, 0.15) is 5.75 Å². The van der Waals surface area contributed by atoms with Crippen LogP contribution in [0.4, 0.5) is 5.69 Å². The van der Waals surface area contributed by atoms with Crippen molar-refractivity contribution in [2.45, 2.75) is 39.2 Å². The van der Waals surface area contributed by atoms with Gasteiger partial charge in [0.15, 0.2) is 6.04 Å². The molecule has 0 unspecified atom stereocenters. The van der Waals surface area contributed by atoms with Crippen LogP contribution < -0.4 is 15.0 Å². The molecule has 1 heterocycles. The molecule has 2 N–H and O–H groups in total. The highest BCUT2D eigenvalue weighted by atomic mass is 16.5. The molecular weight excluding hydrogens is 268 g/mol. The van der Waals surface area contributed by atoms with Gasteiger partial charge in [0.25, 0.3) is 5.91 Å². The molecule has 5 nitrogen and oxygen atoms in total. The Morgan fingerprint density at radius 2 is 1.90 bits per heavy atom. The van der Waals surface area contributed by atoms with Gasteiger partial charge in [-0.25, -0.2) is 4.90 Å². The van der Waals surface area contributed by atoms with Crippen LogP contribution in [0.2, 0.25) is 0 Å². The van der Waals surface area contributed by atoms with Crippen LogP contribution in [0.1, 0.15) is 33.1 Å². The molecule has 1 fully saturated rings. The number of rotatable bonds is 7. The van der Waals surface area contributed by atoms with Gasteiger partial charge in [-0.2, -0.15) is 0 Å². The summed E-state index contributed by atoms with van der Waals surface area (Å²) in [6.07, 6.45) is 2.22. The third-order valence-corrected chi connectivity index (χ3v) is 3.49. The largest absolute Gasteiger partial charge is 0.494 e. The van der Waals surface area contributed by atoms with Crippen molar-refractivity contribution in [3.8, 4) is 5.75 Å². The Bertz CT molecular complexity index is 499. The van der Waals surface area contributed by atoms with Crippen LogP contribution in [-0.4, -0.2) is 31.0 Å². The summed E-state index contributed by atoms with van der Waals surface area (Å²) in [6.45, 7) is 5.63. The Morgan fingerprint density at radius 1 is 1.19 bits per heavy atom. The number of imide groups is 1. The van der Waals surface area contributed by atoms with Crippen LogP contribution in [0.3, 0.4) is 0 Å². The van der Waals surface area contributed by atoms with E-state index in [1.807, 2.05) is 12.2 Å². The van der Waals surface area contributed by atoms with E-state index in [1.54, 1.807) is 24.3 Å². The summed E-state index contributed by atoms with van der Waals surface area (Å²) in [6, 6.07) is 6.86. The molecule has 1 saturated heterocycles. The predicted molar refractivity (Wildman–Crippen MR) is 80.2 cm³/mol. The fourth-order valence-electron chi connectivity index (χ4n) is 2.39. The van der Waals surface area contributed by atoms with Gasteiger partial charge >= 0.3 is 0 Å². The van der Waals surface area contributed by atoms with E-state index in [4.69, 9.17) is 4.74 Å². The van der Waals surface area contributed by atoms with E-state index in [2.05, 4.69) is 6.92 Å². The first-order chi connectivity index (χ1) is 10.2. The lowest BCUT2D eigenvalue weighted by Gasteiger charge is -2.14.